The van der Waals surface area contributed by atoms with E-state index in [-0.39, 0.29) is 138 Å². The number of pyridine rings is 2. The third-order valence-electron chi connectivity index (χ3n) is 27.1. The Kier molecular flexibility index (Phi) is 38.2. The summed E-state index contributed by atoms with van der Waals surface area (Å²) in [4.78, 5) is 100. The minimum absolute atomic E-state index is 0. The van der Waals surface area contributed by atoms with E-state index in [0.29, 0.717) is 128 Å². The minimum atomic E-state index is -1.04. The number of likely N-dealkylation sites (tertiary alicyclic amines) is 3. The zero-order chi connectivity index (χ0) is 91.0. The van der Waals surface area contributed by atoms with Crippen LogP contribution in [0, 0.1) is 46.7 Å². The zero-order valence-electron chi connectivity index (χ0n) is 77.6. The first kappa shape index (κ1) is 107. The van der Waals surface area contributed by atoms with Crippen LogP contribution in [0.2, 0.25) is 0 Å². The van der Waals surface area contributed by atoms with E-state index in [1.165, 1.54) is 54.4 Å². The number of hydrogen-bond donors (Lipinski definition) is 0. The molecule has 4 aromatic carbocycles. The number of benzene rings is 4. The molecule has 726 valence electrons. The summed E-state index contributed by atoms with van der Waals surface area (Å²) >= 11 is 0. The van der Waals surface area contributed by atoms with Crippen molar-refractivity contribution < 1.29 is 46.2 Å². The number of amides is 3. The number of piperazine rings is 3. The van der Waals surface area contributed by atoms with Crippen LogP contribution < -0.4 is 43.6 Å². The number of aromatic nitrogens is 8. The van der Waals surface area contributed by atoms with Gasteiger partial charge in [-0.3, -0.25) is 24.4 Å². The number of halogens is 4. The molecule has 136 heavy (non-hydrogen) atoms. The van der Waals surface area contributed by atoms with Crippen LogP contribution >= 0.6 is 81.0 Å². The zero-order valence-corrected chi connectivity index (χ0v) is 83.6. The van der Waals surface area contributed by atoms with E-state index in [2.05, 4.69) is 177 Å². The molecule has 0 saturated carbocycles. The fourth-order valence-electron chi connectivity index (χ4n) is 19.9. The van der Waals surface area contributed by atoms with Crippen molar-refractivity contribution in [3.63, 3.8) is 0 Å². The van der Waals surface area contributed by atoms with Gasteiger partial charge in [-0.25, -0.2) is 17.6 Å². The Bertz CT molecular complexity index is 5700. The number of aryl methyl sites for hydroxylation is 2. The van der Waals surface area contributed by atoms with Crippen molar-refractivity contribution in [3.05, 3.63) is 186 Å². The van der Waals surface area contributed by atoms with Gasteiger partial charge in [0.2, 0.25) is 0 Å². The topological polar surface area (TPSA) is 292 Å². The van der Waals surface area contributed by atoms with Crippen molar-refractivity contribution in [2.45, 2.75) is 153 Å². The van der Waals surface area contributed by atoms with Gasteiger partial charge in [0.15, 0.2) is 17.5 Å². The lowest BCUT2D eigenvalue weighted by molar-refractivity contribution is -0.132. The molecule has 6 saturated heterocycles. The number of fused-ring (bicyclic) bond motifs is 6. The van der Waals surface area contributed by atoms with E-state index >= 15 is 0 Å². The summed E-state index contributed by atoms with van der Waals surface area (Å²) in [6.45, 7) is 25.4. The number of hydrogen-bond acceptors (Lipinski definition) is 26. The minimum Gasteiger partial charge on any atom is -0.462 e. The molecule has 9 aliphatic rings. The second-order valence-corrected chi connectivity index (χ2v) is 35.2. The van der Waals surface area contributed by atoms with Gasteiger partial charge in [0.1, 0.15) is 43.1 Å². The van der Waals surface area contributed by atoms with E-state index in [9.17, 15) is 47.7 Å². The van der Waals surface area contributed by atoms with Crippen LogP contribution in [-0.2, 0) is 59.7 Å². The van der Waals surface area contributed by atoms with Gasteiger partial charge in [-0.1, -0.05) is 74.7 Å². The van der Waals surface area contributed by atoms with Crippen LogP contribution in [0.5, 0.6) is 18.0 Å². The molecule has 14 heterocycles. The van der Waals surface area contributed by atoms with E-state index in [1.807, 2.05) is 17.3 Å². The van der Waals surface area contributed by atoms with Crippen molar-refractivity contribution in [2.75, 3.05) is 169 Å². The molecule has 18 rings (SSSR count). The molecule has 0 unspecified atom stereocenters. The van der Waals surface area contributed by atoms with Crippen LogP contribution in [-0.4, -0.2) is 262 Å². The smallest absolute Gasteiger partial charge is 0.318 e. The van der Waals surface area contributed by atoms with Gasteiger partial charge in [0.25, 0.3) is 17.7 Å². The molecule has 9 aromatic rings. The second-order valence-electron chi connectivity index (χ2n) is 35.2. The standard InChI is InChI=1S/C34H40FN7O2.C32H37FN8O2.C31H34F2N8O2.6H2S/c1-4-24-8-5-9-25-10-6-12-30(31(24)25)40-17-14-28-29(21-40)37-34(44-22-27-11-7-16-39(27)3)38-32(28)41-18-19-42(33(43)23(2)35)26(20-41)13-15-36;1-21-6-7-23-16-35-17-29(27(23)15-21)39-12-9-26-28(19-39)36-32(43-20-25-5-4-11-38(25)3)37-30(26)40-13-14-41(31(42)22(2)33)24(18-40)8-10-34;1-20(32)30(42)41-13-12-40(17-23(41)7-9-34)29-25-8-11-39(28-16-35-15-21-5-6-22(33)14-26(21)28)18-27(25)36-31(37-29)43-19-24-4-3-10-38(24)2;;;;;;/h5-6,8-10,12,26-27H,2,4,7,11,13-14,16-22H2,1,3H3;6-7,15-17,24-25H,2,4-5,8-9,11-14,18-20H2,1,3H3;5-6,14-16,23-24H,1,3-4,7-8,10-13,17-19H2,2H3;6*1H2/t26-,27-;24-,25-;23-,24-;;;;;;/m000....../s1. The van der Waals surface area contributed by atoms with E-state index in [1.54, 1.807) is 18.5 Å². The van der Waals surface area contributed by atoms with Gasteiger partial charge >= 0.3 is 18.0 Å². The van der Waals surface area contributed by atoms with E-state index in [4.69, 9.17) is 44.1 Å². The van der Waals surface area contributed by atoms with Gasteiger partial charge in [-0.2, -0.15) is 127 Å². The molecule has 6 fully saturated rings. The fraction of sp³-hybridized carbons (Fsp3) is 0.464. The molecule has 0 aliphatic carbocycles. The summed E-state index contributed by atoms with van der Waals surface area (Å²) in [6.07, 6.45) is 17.1. The van der Waals surface area contributed by atoms with Crippen LogP contribution in [0.25, 0.3) is 32.3 Å². The van der Waals surface area contributed by atoms with Crippen LogP contribution in [0.4, 0.5) is 52.1 Å². The number of nitriles is 3. The molecule has 0 radical (unpaired) electrons. The largest absolute Gasteiger partial charge is 0.462 e. The first-order valence-corrected chi connectivity index (χ1v) is 45.2. The highest BCUT2D eigenvalue weighted by Crippen LogP contribution is 2.41. The molecule has 5 aromatic heterocycles. The van der Waals surface area contributed by atoms with Gasteiger partial charge in [0.05, 0.1) is 116 Å². The van der Waals surface area contributed by atoms with Gasteiger partial charge < -0.3 is 73.0 Å². The Morgan fingerprint density at radius 1 is 0.426 bits per heavy atom. The summed E-state index contributed by atoms with van der Waals surface area (Å²) in [7, 11) is 6.32. The van der Waals surface area contributed by atoms with Crippen molar-refractivity contribution in [1.82, 2.24) is 69.3 Å². The molecule has 0 N–H and O–H groups in total. The van der Waals surface area contributed by atoms with Crippen LogP contribution in [0.15, 0.2) is 135 Å². The SMILES string of the molecule is C=C(F)C(=O)N1CCN(c2nc(OC[C@@H]3CCCN3C)nc3c2CCN(c2cccc4cccc(CC)c24)C3)C[C@@H]1CC#N.C=C(F)C(=O)N1CCN(c2nc(OC[C@@H]3CCCN3C)nc3c2CCN(c2cncc4ccc(C)cc24)C3)C[C@@H]1CC#N.C=C(F)C(=O)N1CCN(c2nc(OC[C@@H]3CCCN3C)nc3c2CCN(c2cncc4ccc(F)cc24)C3)C[C@@H]1CC#N.S.S.S.S.S.S. The summed E-state index contributed by atoms with van der Waals surface area (Å²) < 4.78 is 74.4. The van der Waals surface area contributed by atoms with E-state index < -0.39 is 53.3 Å². The highest BCUT2D eigenvalue weighted by atomic mass is 32.1. The Morgan fingerprint density at radius 3 is 1.14 bits per heavy atom. The normalized spacial score (nSPS) is 19.7. The third-order valence-corrected chi connectivity index (χ3v) is 27.1. The number of carbonyl (C=O) groups excluding carboxylic acids is 3. The quantitative estimate of drug-likeness (QED) is 0.0450. The fourth-order valence-corrected chi connectivity index (χ4v) is 19.9. The predicted octanol–water partition coefficient (Wildman–Crippen LogP) is 12.7. The van der Waals surface area contributed by atoms with Crippen LogP contribution in [0.3, 0.4) is 0 Å². The summed E-state index contributed by atoms with van der Waals surface area (Å²) in [5, 5.41) is 34.9. The number of carbonyl (C=O) groups is 3. The lowest BCUT2D eigenvalue weighted by Crippen LogP contribution is -2.55. The van der Waals surface area contributed by atoms with Gasteiger partial charge in [-0.15, -0.1) is 0 Å². The Balaban J connectivity index is 0.000000206. The number of ether oxygens (including phenoxy) is 3. The number of nitrogens with zero attached hydrogens (tertiary/aromatic N) is 23. The number of rotatable bonds is 22. The first-order chi connectivity index (χ1) is 63.0. The van der Waals surface area contributed by atoms with Crippen molar-refractivity contribution in [2.24, 2.45) is 0 Å². The van der Waals surface area contributed by atoms with Gasteiger partial charge in [0, 0.05) is 158 Å². The third kappa shape index (κ3) is 23.9. The highest BCUT2D eigenvalue weighted by Gasteiger charge is 2.41. The number of likely N-dealkylation sites (N-methyl/N-ethyl adjacent to an activating group) is 3. The summed E-state index contributed by atoms with van der Waals surface area (Å²) in [6, 6.07) is 30.9. The molecule has 3 amide bonds. The van der Waals surface area contributed by atoms with Crippen molar-refractivity contribution in [1.29, 1.82) is 15.8 Å². The monoisotopic (exact) mass is 1970 g/mol. The number of anilines is 6. The molecular formula is C97H123F4N23O6S6. The lowest BCUT2D eigenvalue weighted by Gasteiger charge is -2.42. The Labute approximate surface area is 834 Å². The maximum Gasteiger partial charge on any atom is 0.318 e. The predicted molar refractivity (Wildman–Crippen MR) is 552 cm³/mol. The van der Waals surface area contributed by atoms with Crippen molar-refractivity contribution >= 4 is 166 Å². The molecule has 0 spiro atoms. The van der Waals surface area contributed by atoms with Gasteiger partial charge in [-0.05, 0) is 153 Å². The second kappa shape index (κ2) is 48.5. The average molecular weight is 1980 g/mol. The molecule has 9 aliphatic heterocycles. The summed E-state index contributed by atoms with van der Waals surface area (Å²) in [5.41, 5.74) is 11.3. The first-order valence-electron chi connectivity index (χ1n) is 45.2. The Hall–Kier alpha value is -10.8. The molecular weight excluding hydrogens is 1850 g/mol. The average Bonchev–Trinajstić information content (AvgIpc) is 0.826. The van der Waals surface area contributed by atoms with Crippen LogP contribution in [0.1, 0.15) is 110 Å². The molecule has 0 bridgehead atoms. The maximum absolute atomic E-state index is 14.2. The lowest BCUT2D eigenvalue weighted by atomic mass is 9.98. The molecule has 6 atom stereocenters. The summed E-state index contributed by atoms with van der Waals surface area (Å²) in [5.74, 6) is -3.41. The molecule has 39 heteroatoms. The van der Waals surface area contributed by atoms with Crippen molar-refractivity contribution in [3.8, 4) is 36.2 Å². The molecule has 29 nitrogen and oxygen atoms in total. The highest BCUT2D eigenvalue weighted by molar-refractivity contribution is 7.60. The van der Waals surface area contributed by atoms with E-state index in [0.717, 1.165) is 162 Å². The maximum atomic E-state index is 14.2. The Morgan fingerprint density at radius 2 is 0.787 bits per heavy atom.